The van der Waals surface area contributed by atoms with Crippen molar-refractivity contribution in [3.8, 4) is 0 Å². The fourth-order valence-electron chi connectivity index (χ4n) is 0.218. The minimum atomic E-state index is -4.07. The smallest absolute Gasteiger partial charge is 0.384 e. The Hall–Kier alpha value is -0.250. The Kier molecular flexibility index (Phi) is 8.53. The molecule has 0 aliphatic carbocycles. The van der Waals surface area contributed by atoms with Gasteiger partial charge in [0, 0.05) is 7.11 Å². The van der Waals surface area contributed by atoms with E-state index in [0.29, 0.717) is 0 Å². The summed E-state index contributed by atoms with van der Waals surface area (Å²) in [5.74, 6) is 0. The van der Waals surface area contributed by atoms with Gasteiger partial charge in [-0.15, -0.1) is 0 Å². The molecule has 0 N–H and O–H groups in total. The third-order valence-electron chi connectivity index (χ3n) is 0.590. The molecule has 0 atom stereocenters. The molecule has 0 aromatic heterocycles. The van der Waals surface area contributed by atoms with Crippen LogP contribution in [0.25, 0.3) is 0 Å². The lowest BCUT2D eigenvalue weighted by Gasteiger charge is -2.02. The predicted octanol–water partition coefficient (Wildman–Crippen LogP) is 2.61. The summed E-state index contributed by atoms with van der Waals surface area (Å²) in [5.41, 5.74) is 0. The number of alkyl halides is 3. The van der Waals surface area contributed by atoms with Crippen molar-refractivity contribution in [1.29, 1.82) is 0 Å². The van der Waals surface area contributed by atoms with E-state index in [1.54, 1.807) is 0 Å². The lowest BCUT2D eigenvalue weighted by Crippen LogP contribution is -2.10. The summed E-state index contributed by atoms with van der Waals surface area (Å²) in [7, 11) is 1.24. The molecule has 0 heterocycles. The van der Waals surface area contributed by atoms with Gasteiger partial charge < -0.3 is 4.74 Å². The first-order valence-electron chi connectivity index (χ1n) is 3.12. The minimum absolute atomic E-state index is 0.247. The van der Waals surface area contributed by atoms with Gasteiger partial charge in [-0.1, -0.05) is 13.8 Å². The second-order valence-electron chi connectivity index (χ2n) is 1.36. The van der Waals surface area contributed by atoms with Gasteiger partial charge in [-0.25, -0.2) is 0 Å². The van der Waals surface area contributed by atoms with Crippen molar-refractivity contribution in [3.63, 3.8) is 0 Å². The zero-order chi connectivity index (χ0) is 8.62. The Morgan fingerprint density at radius 3 is 1.70 bits per heavy atom. The summed E-state index contributed by atoms with van der Waals surface area (Å²) < 4.78 is 37.7. The highest BCUT2D eigenvalue weighted by atomic mass is 19.4. The first-order valence-corrected chi connectivity index (χ1v) is 3.12. The first kappa shape index (κ1) is 12.4. The van der Waals surface area contributed by atoms with E-state index < -0.39 is 12.6 Å². The van der Waals surface area contributed by atoms with E-state index in [0.717, 1.165) is 0 Å². The molecule has 0 saturated heterocycles. The molecule has 1 nitrogen and oxygen atoms in total. The van der Waals surface area contributed by atoms with Crippen LogP contribution in [0.3, 0.4) is 0 Å². The number of methoxy groups -OCH3 is 1. The summed E-state index contributed by atoms with van der Waals surface area (Å²) >= 11 is 0. The first-order chi connectivity index (χ1) is 4.56. The monoisotopic (exact) mass is 158 g/mol. The van der Waals surface area contributed by atoms with Gasteiger partial charge in [0.05, 0.1) is 13.0 Å². The molecule has 0 aromatic rings. The van der Waals surface area contributed by atoms with E-state index in [1.807, 2.05) is 13.8 Å². The second kappa shape index (κ2) is 6.86. The molecule has 0 spiro atoms. The van der Waals surface area contributed by atoms with Crippen molar-refractivity contribution in [2.24, 2.45) is 0 Å². The third kappa shape index (κ3) is 15.7. The van der Waals surface area contributed by atoms with Gasteiger partial charge in [0.1, 0.15) is 0 Å². The maximum absolute atomic E-state index is 11.2. The van der Waals surface area contributed by atoms with E-state index in [9.17, 15) is 13.2 Å². The van der Waals surface area contributed by atoms with E-state index >= 15 is 0 Å². The highest BCUT2D eigenvalue weighted by Crippen LogP contribution is 2.18. The molecule has 0 saturated carbocycles. The van der Waals surface area contributed by atoms with Gasteiger partial charge in [-0.2, -0.15) is 13.2 Å². The standard InChI is InChI=1S/C4H7F3O.C2H6/c1-8-3-2-4(5,6)7;1-2/h2-3H2,1H3;1-2H3. The maximum Gasteiger partial charge on any atom is 0.391 e. The van der Waals surface area contributed by atoms with Crippen LogP contribution in [0.1, 0.15) is 20.3 Å². The zero-order valence-electron chi connectivity index (χ0n) is 6.46. The Morgan fingerprint density at radius 1 is 1.20 bits per heavy atom. The fourth-order valence-corrected chi connectivity index (χ4v) is 0.218. The maximum atomic E-state index is 11.2. The molecule has 10 heavy (non-hydrogen) atoms. The summed E-state index contributed by atoms with van der Waals surface area (Å²) in [6.07, 6.45) is -4.93. The van der Waals surface area contributed by atoms with E-state index in [2.05, 4.69) is 4.74 Å². The molecule has 0 amide bonds. The van der Waals surface area contributed by atoms with Gasteiger partial charge in [-0.3, -0.25) is 0 Å². The Morgan fingerprint density at radius 2 is 1.60 bits per heavy atom. The summed E-state index contributed by atoms with van der Waals surface area (Å²) in [4.78, 5) is 0. The number of halogens is 3. The van der Waals surface area contributed by atoms with Crippen LogP contribution in [0, 0.1) is 0 Å². The van der Waals surface area contributed by atoms with Crippen LogP contribution in [-0.4, -0.2) is 19.9 Å². The van der Waals surface area contributed by atoms with Gasteiger partial charge in [0.15, 0.2) is 0 Å². The van der Waals surface area contributed by atoms with Gasteiger partial charge in [-0.05, 0) is 0 Å². The lowest BCUT2D eigenvalue weighted by atomic mass is 10.4. The Balaban J connectivity index is 0. The van der Waals surface area contributed by atoms with Crippen molar-refractivity contribution >= 4 is 0 Å². The van der Waals surface area contributed by atoms with E-state index in [4.69, 9.17) is 0 Å². The van der Waals surface area contributed by atoms with Crippen molar-refractivity contribution in [1.82, 2.24) is 0 Å². The van der Waals surface area contributed by atoms with Crippen molar-refractivity contribution in [2.45, 2.75) is 26.4 Å². The van der Waals surface area contributed by atoms with Gasteiger partial charge in [0.25, 0.3) is 0 Å². The molecule has 0 aliphatic rings. The number of rotatable bonds is 2. The zero-order valence-corrected chi connectivity index (χ0v) is 6.46. The molecular formula is C6H13F3O. The number of ether oxygens (including phenoxy) is 1. The molecule has 0 unspecified atom stereocenters. The average molecular weight is 158 g/mol. The van der Waals surface area contributed by atoms with Crippen LogP contribution in [0.4, 0.5) is 13.2 Å². The summed E-state index contributed by atoms with van der Waals surface area (Å²) in [6.45, 7) is 3.75. The van der Waals surface area contributed by atoms with E-state index in [-0.39, 0.29) is 6.61 Å². The Labute approximate surface area is 59.2 Å². The normalized spacial score (nSPS) is 10.2. The minimum Gasteiger partial charge on any atom is -0.384 e. The summed E-state index contributed by atoms with van der Waals surface area (Å²) in [5, 5.41) is 0. The molecule has 64 valence electrons. The molecule has 0 bridgehead atoms. The highest BCUT2D eigenvalue weighted by molar-refractivity contribution is 4.46. The highest BCUT2D eigenvalue weighted by Gasteiger charge is 2.25. The molecule has 0 aliphatic heterocycles. The van der Waals surface area contributed by atoms with Crippen LogP contribution in [0.15, 0.2) is 0 Å². The predicted molar refractivity (Wildman–Crippen MR) is 33.9 cm³/mol. The Bertz CT molecular complexity index is 60.5. The average Bonchev–Trinajstić information content (AvgIpc) is 1.87. The van der Waals surface area contributed by atoms with Gasteiger partial charge >= 0.3 is 6.18 Å². The molecular weight excluding hydrogens is 145 g/mol. The largest absolute Gasteiger partial charge is 0.391 e. The van der Waals surface area contributed by atoms with Crippen LogP contribution in [0.5, 0.6) is 0 Å². The molecule has 0 fully saturated rings. The summed E-state index contributed by atoms with van der Waals surface area (Å²) in [6, 6.07) is 0. The molecule has 4 heteroatoms. The fraction of sp³-hybridized carbons (Fsp3) is 1.00. The van der Waals surface area contributed by atoms with E-state index in [1.165, 1.54) is 7.11 Å². The van der Waals surface area contributed by atoms with Gasteiger partial charge in [0.2, 0.25) is 0 Å². The quantitative estimate of drug-likeness (QED) is 0.600. The van der Waals surface area contributed by atoms with Crippen LogP contribution < -0.4 is 0 Å². The third-order valence-corrected chi connectivity index (χ3v) is 0.590. The van der Waals surface area contributed by atoms with Crippen LogP contribution in [-0.2, 0) is 4.74 Å². The number of hydrogen-bond acceptors (Lipinski definition) is 1. The van der Waals surface area contributed by atoms with Crippen molar-refractivity contribution in [3.05, 3.63) is 0 Å². The second-order valence-corrected chi connectivity index (χ2v) is 1.36. The molecule has 0 aromatic carbocycles. The molecule has 0 radical (unpaired) electrons. The van der Waals surface area contributed by atoms with Crippen molar-refractivity contribution < 1.29 is 17.9 Å². The lowest BCUT2D eigenvalue weighted by molar-refractivity contribution is -0.143. The van der Waals surface area contributed by atoms with Crippen molar-refractivity contribution in [2.75, 3.05) is 13.7 Å². The van der Waals surface area contributed by atoms with Crippen LogP contribution in [0.2, 0.25) is 0 Å². The topological polar surface area (TPSA) is 9.23 Å². The van der Waals surface area contributed by atoms with Crippen LogP contribution >= 0.6 is 0 Å². The SMILES string of the molecule is CC.COCCC(F)(F)F. The number of hydrogen-bond donors (Lipinski definition) is 0. The molecule has 0 rings (SSSR count).